The fourth-order valence-corrected chi connectivity index (χ4v) is 3.18. The first-order chi connectivity index (χ1) is 12.7. The molecule has 1 aromatic heterocycles. The molecule has 0 saturated carbocycles. The number of aromatic nitrogens is 4. The number of nitrogens with zero attached hydrogens (tertiary/aromatic N) is 4. The van der Waals surface area contributed by atoms with Crippen LogP contribution in [0.1, 0.15) is 12.5 Å². The van der Waals surface area contributed by atoms with Gasteiger partial charge in [-0.3, -0.25) is 0 Å². The minimum atomic E-state index is -2.87. The van der Waals surface area contributed by atoms with Crippen LogP contribution in [0.15, 0.2) is 53.7 Å². The van der Waals surface area contributed by atoms with Crippen LogP contribution in [0, 0.1) is 0 Å². The van der Waals surface area contributed by atoms with Gasteiger partial charge >= 0.3 is 6.61 Å². The standard InChI is InChI=1S/C17H16F2N4O2S/c1-2-24-15-10-6-4-8-13(15)23-17(20-21-22-23)26-11-12-7-3-5-9-14(12)25-16(18)19/h3-10,16H,2,11H2,1H3. The highest BCUT2D eigenvalue weighted by Gasteiger charge is 2.15. The Morgan fingerprint density at radius 1 is 1.08 bits per heavy atom. The Balaban J connectivity index is 1.81. The highest BCUT2D eigenvalue weighted by Crippen LogP contribution is 2.30. The van der Waals surface area contributed by atoms with Crippen LogP contribution in [0.3, 0.4) is 0 Å². The normalized spacial score (nSPS) is 10.9. The maximum Gasteiger partial charge on any atom is 0.387 e. The van der Waals surface area contributed by atoms with Crippen molar-refractivity contribution in [2.75, 3.05) is 6.61 Å². The summed E-state index contributed by atoms with van der Waals surface area (Å²) in [5, 5.41) is 12.3. The van der Waals surface area contributed by atoms with Gasteiger partial charge in [-0.1, -0.05) is 42.1 Å². The van der Waals surface area contributed by atoms with E-state index >= 15 is 0 Å². The molecule has 0 aliphatic heterocycles. The van der Waals surface area contributed by atoms with Crippen LogP contribution >= 0.6 is 11.8 Å². The third-order valence-corrected chi connectivity index (χ3v) is 4.35. The first-order valence-corrected chi connectivity index (χ1v) is 8.83. The van der Waals surface area contributed by atoms with Crippen molar-refractivity contribution in [3.8, 4) is 17.2 Å². The van der Waals surface area contributed by atoms with Crippen LogP contribution in [0.4, 0.5) is 8.78 Å². The molecular weight excluding hydrogens is 362 g/mol. The molecule has 6 nitrogen and oxygen atoms in total. The second kappa shape index (κ2) is 8.61. The molecule has 26 heavy (non-hydrogen) atoms. The number of benzene rings is 2. The van der Waals surface area contributed by atoms with Crippen molar-refractivity contribution in [2.45, 2.75) is 24.4 Å². The minimum Gasteiger partial charge on any atom is -0.492 e. The summed E-state index contributed by atoms with van der Waals surface area (Å²) < 4.78 is 36.8. The predicted molar refractivity (Wildman–Crippen MR) is 93.0 cm³/mol. The lowest BCUT2D eigenvalue weighted by Gasteiger charge is -2.11. The van der Waals surface area contributed by atoms with Crippen molar-refractivity contribution in [3.05, 3.63) is 54.1 Å². The molecule has 136 valence electrons. The van der Waals surface area contributed by atoms with Crippen LogP contribution in [0.5, 0.6) is 11.5 Å². The van der Waals surface area contributed by atoms with Crippen molar-refractivity contribution < 1.29 is 18.3 Å². The van der Waals surface area contributed by atoms with E-state index in [0.29, 0.717) is 34.5 Å². The lowest BCUT2D eigenvalue weighted by atomic mass is 10.2. The van der Waals surface area contributed by atoms with Gasteiger partial charge in [-0.2, -0.15) is 13.5 Å². The van der Waals surface area contributed by atoms with Gasteiger partial charge in [0, 0.05) is 11.3 Å². The number of ether oxygens (including phenoxy) is 2. The average Bonchev–Trinajstić information content (AvgIpc) is 3.10. The third-order valence-electron chi connectivity index (χ3n) is 3.38. The van der Waals surface area contributed by atoms with E-state index in [2.05, 4.69) is 20.3 Å². The number of hydrogen-bond donors (Lipinski definition) is 0. The van der Waals surface area contributed by atoms with Crippen LogP contribution in [0.2, 0.25) is 0 Å². The van der Waals surface area contributed by atoms with Gasteiger partial charge in [-0.05, 0) is 35.5 Å². The zero-order chi connectivity index (χ0) is 18.4. The van der Waals surface area contributed by atoms with Gasteiger partial charge in [0.25, 0.3) is 0 Å². The number of hydrogen-bond acceptors (Lipinski definition) is 6. The molecule has 0 spiro atoms. The molecule has 3 aromatic rings. The third kappa shape index (κ3) is 4.29. The first kappa shape index (κ1) is 18.1. The average molecular weight is 378 g/mol. The molecule has 0 amide bonds. The van der Waals surface area contributed by atoms with Crippen LogP contribution in [-0.4, -0.2) is 33.4 Å². The lowest BCUT2D eigenvalue weighted by molar-refractivity contribution is -0.0503. The van der Waals surface area contributed by atoms with Gasteiger partial charge in [0.1, 0.15) is 17.2 Å². The monoisotopic (exact) mass is 378 g/mol. The molecule has 0 aliphatic carbocycles. The Morgan fingerprint density at radius 3 is 2.58 bits per heavy atom. The predicted octanol–water partition coefficient (Wildman–Crippen LogP) is 3.95. The molecule has 0 radical (unpaired) electrons. The molecule has 3 rings (SSSR count). The molecule has 2 aromatic carbocycles. The van der Waals surface area contributed by atoms with Gasteiger partial charge < -0.3 is 9.47 Å². The number of tetrazole rings is 1. The smallest absolute Gasteiger partial charge is 0.387 e. The Bertz CT molecular complexity index is 860. The maximum absolute atomic E-state index is 12.5. The van der Waals surface area contributed by atoms with E-state index in [1.54, 1.807) is 22.9 Å². The SMILES string of the molecule is CCOc1ccccc1-n1nnnc1SCc1ccccc1OC(F)F. The zero-order valence-electron chi connectivity index (χ0n) is 13.9. The molecule has 0 atom stereocenters. The number of rotatable bonds is 8. The fraction of sp³-hybridized carbons (Fsp3) is 0.235. The summed E-state index contributed by atoms with van der Waals surface area (Å²) in [6, 6.07) is 14.1. The van der Waals surface area contributed by atoms with Gasteiger partial charge in [-0.15, -0.1) is 5.10 Å². The zero-order valence-corrected chi connectivity index (χ0v) is 14.7. The summed E-state index contributed by atoms with van der Waals surface area (Å²) in [5.74, 6) is 1.18. The highest BCUT2D eigenvalue weighted by molar-refractivity contribution is 7.98. The molecule has 9 heteroatoms. The van der Waals surface area contributed by atoms with E-state index in [-0.39, 0.29) is 5.75 Å². The van der Waals surface area contributed by atoms with Crippen molar-refractivity contribution in [1.82, 2.24) is 20.2 Å². The van der Waals surface area contributed by atoms with Crippen molar-refractivity contribution >= 4 is 11.8 Å². The Labute approximate surface area is 153 Å². The number of halogens is 2. The molecule has 0 saturated heterocycles. The van der Waals surface area contributed by atoms with Crippen LogP contribution in [0.25, 0.3) is 5.69 Å². The van der Waals surface area contributed by atoms with Gasteiger partial charge in [-0.25, -0.2) is 0 Å². The Morgan fingerprint density at radius 2 is 1.81 bits per heavy atom. The van der Waals surface area contributed by atoms with E-state index in [1.807, 2.05) is 31.2 Å². The van der Waals surface area contributed by atoms with Crippen LogP contribution < -0.4 is 9.47 Å². The Hall–Kier alpha value is -2.68. The lowest BCUT2D eigenvalue weighted by Crippen LogP contribution is -2.05. The fourth-order valence-electron chi connectivity index (χ4n) is 2.31. The van der Waals surface area contributed by atoms with E-state index in [1.165, 1.54) is 17.8 Å². The summed E-state index contributed by atoms with van der Waals surface area (Å²) in [4.78, 5) is 0. The van der Waals surface area contributed by atoms with Gasteiger partial charge in [0.05, 0.1) is 6.61 Å². The molecule has 0 unspecified atom stereocenters. The first-order valence-electron chi connectivity index (χ1n) is 7.85. The van der Waals surface area contributed by atoms with Crippen molar-refractivity contribution in [3.63, 3.8) is 0 Å². The Kier molecular flexibility index (Phi) is 6.00. The molecule has 0 fully saturated rings. The molecule has 1 heterocycles. The number of thioether (sulfide) groups is 1. The van der Waals surface area contributed by atoms with Gasteiger partial charge in [0.2, 0.25) is 5.16 Å². The molecular formula is C17H16F2N4O2S. The highest BCUT2D eigenvalue weighted by atomic mass is 32.2. The number of para-hydroxylation sites is 3. The summed E-state index contributed by atoms with van der Waals surface area (Å²) in [6.45, 7) is -0.462. The molecule has 0 aliphatic rings. The summed E-state index contributed by atoms with van der Waals surface area (Å²) in [5.41, 5.74) is 1.34. The van der Waals surface area contributed by atoms with Crippen molar-refractivity contribution in [1.29, 1.82) is 0 Å². The van der Waals surface area contributed by atoms with Gasteiger partial charge in [0.15, 0.2) is 0 Å². The quantitative estimate of drug-likeness (QED) is 0.553. The van der Waals surface area contributed by atoms with E-state index in [9.17, 15) is 8.78 Å². The largest absolute Gasteiger partial charge is 0.492 e. The summed E-state index contributed by atoms with van der Waals surface area (Å²) in [6.07, 6.45) is 0. The van der Waals surface area contributed by atoms with E-state index in [4.69, 9.17) is 4.74 Å². The molecule has 0 N–H and O–H groups in total. The minimum absolute atomic E-state index is 0.142. The number of alkyl halides is 2. The molecule has 0 bridgehead atoms. The van der Waals surface area contributed by atoms with Crippen LogP contribution in [-0.2, 0) is 5.75 Å². The topological polar surface area (TPSA) is 62.1 Å². The summed E-state index contributed by atoms with van der Waals surface area (Å²) >= 11 is 1.32. The maximum atomic E-state index is 12.5. The van der Waals surface area contributed by atoms with E-state index < -0.39 is 6.61 Å². The summed E-state index contributed by atoms with van der Waals surface area (Å²) in [7, 11) is 0. The second-order valence-corrected chi connectivity index (χ2v) is 5.99. The van der Waals surface area contributed by atoms with E-state index in [0.717, 1.165) is 0 Å². The van der Waals surface area contributed by atoms with Crippen molar-refractivity contribution in [2.24, 2.45) is 0 Å². The second-order valence-electron chi connectivity index (χ2n) is 5.05.